The van der Waals surface area contributed by atoms with Gasteiger partial charge in [-0.05, 0) is 43.7 Å². The highest BCUT2D eigenvalue weighted by Gasteiger charge is 2.21. The molecule has 112 valence electrons. The van der Waals surface area contributed by atoms with Crippen LogP contribution in [0.1, 0.15) is 71.1 Å². The topological polar surface area (TPSA) is 0 Å². The average molecular weight is 291 g/mol. The maximum atomic E-state index is 2.30. The van der Waals surface area contributed by atoms with Crippen molar-refractivity contribution in [2.24, 2.45) is 5.92 Å². The number of thioether (sulfide) groups is 1. The molecule has 0 aliphatic heterocycles. The van der Waals surface area contributed by atoms with Gasteiger partial charge in [0.25, 0.3) is 0 Å². The van der Waals surface area contributed by atoms with E-state index in [1.807, 2.05) is 0 Å². The molecule has 0 spiro atoms. The van der Waals surface area contributed by atoms with Crippen molar-refractivity contribution in [2.75, 3.05) is 0 Å². The van der Waals surface area contributed by atoms with Crippen molar-refractivity contribution in [1.29, 1.82) is 0 Å². The fourth-order valence-corrected chi connectivity index (χ4v) is 4.47. The lowest BCUT2D eigenvalue weighted by atomic mass is 9.85. The van der Waals surface area contributed by atoms with E-state index in [0.29, 0.717) is 0 Å². The summed E-state index contributed by atoms with van der Waals surface area (Å²) >= 11 is 2.10. The summed E-state index contributed by atoms with van der Waals surface area (Å²) in [6.45, 7) is 2.30. The third-order valence-electron chi connectivity index (χ3n) is 4.56. The van der Waals surface area contributed by atoms with Crippen LogP contribution < -0.4 is 0 Å². The summed E-state index contributed by atoms with van der Waals surface area (Å²) in [6.07, 6.45) is 14.5. The van der Waals surface area contributed by atoms with Crippen molar-refractivity contribution in [3.8, 4) is 0 Å². The molecule has 1 aliphatic rings. The van der Waals surface area contributed by atoms with Gasteiger partial charge in [-0.25, -0.2) is 0 Å². The third kappa shape index (κ3) is 5.91. The van der Waals surface area contributed by atoms with E-state index in [1.165, 1.54) is 69.1 Å². The van der Waals surface area contributed by atoms with Crippen LogP contribution in [-0.4, -0.2) is 5.25 Å². The van der Waals surface area contributed by atoms with Crippen LogP contribution in [0, 0.1) is 5.92 Å². The van der Waals surface area contributed by atoms with Crippen LogP contribution in [0.25, 0.3) is 0 Å². The zero-order valence-electron chi connectivity index (χ0n) is 13.0. The lowest BCUT2D eigenvalue weighted by Crippen LogP contribution is -2.16. The Hall–Kier alpha value is -0.430. The molecular weight excluding hydrogens is 260 g/mol. The van der Waals surface area contributed by atoms with Crippen molar-refractivity contribution in [1.82, 2.24) is 0 Å². The fraction of sp³-hybridized carbons (Fsp3) is 0.684. The average Bonchev–Trinajstić information content (AvgIpc) is 2.50. The molecule has 0 amide bonds. The lowest BCUT2D eigenvalue weighted by Gasteiger charge is -2.28. The summed E-state index contributed by atoms with van der Waals surface area (Å²) in [6, 6.07) is 10.9. The number of hydrogen-bond acceptors (Lipinski definition) is 1. The van der Waals surface area contributed by atoms with Gasteiger partial charge in [0.2, 0.25) is 0 Å². The Bertz CT molecular complexity index is 338. The van der Waals surface area contributed by atoms with E-state index in [2.05, 4.69) is 49.0 Å². The molecule has 0 heterocycles. The molecule has 0 bridgehead atoms. The van der Waals surface area contributed by atoms with Gasteiger partial charge in [-0.1, -0.05) is 63.6 Å². The third-order valence-corrected chi connectivity index (χ3v) is 5.90. The highest BCUT2D eigenvalue weighted by molar-refractivity contribution is 8.00. The Morgan fingerprint density at radius 3 is 2.30 bits per heavy atom. The first-order valence-electron chi connectivity index (χ1n) is 8.60. The van der Waals surface area contributed by atoms with Gasteiger partial charge in [-0.15, -0.1) is 11.8 Å². The Labute approximate surface area is 129 Å². The maximum absolute atomic E-state index is 2.30. The Balaban J connectivity index is 1.58. The predicted octanol–water partition coefficient (Wildman–Crippen LogP) is 6.70. The first kappa shape index (κ1) is 15.9. The molecule has 20 heavy (non-hydrogen) atoms. The van der Waals surface area contributed by atoms with Crippen LogP contribution in [0.15, 0.2) is 35.2 Å². The number of rotatable bonds is 8. The van der Waals surface area contributed by atoms with Crippen LogP contribution >= 0.6 is 11.8 Å². The second kappa shape index (κ2) is 9.50. The summed E-state index contributed by atoms with van der Waals surface area (Å²) < 4.78 is 0. The van der Waals surface area contributed by atoms with Crippen LogP contribution in [-0.2, 0) is 0 Å². The Morgan fingerprint density at radius 1 is 0.900 bits per heavy atom. The lowest BCUT2D eigenvalue weighted by molar-refractivity contribution is 0.334. The number of benzene rings is 1. The molecule has 2 rings (SSSR count). The molecule has 0 radical (unpaired) electrons. The van der Waals surface area contributed by atoms with Gasteiger partial charge >= 0.3 is 0 Å². The van der Waals surface area contributed by atoms with Gasteiger partial charge in [0.1, 0.15) is 0 Å². The van der Waals surface area contributed by atoms with E-state index in [9.17, 15) is 0 Å². The van der Waals surface area contributed by atoms with E-state index in [0.717, 1.165) is 11.2 Å². The van der Waals surface area contributed by atoms with Crippen molar-refractivity contribution < 1.29 is 0 Å². The molecule has 0 nitrogen and oxygen atoms in total. The summed E-state index contributed by atoms with van der Waals surface area (Å²) in [5.41, 5.74) is 0. The minimum Gasteiger partial charge on any atom is -0.123 e. The second-order valence-electron chi connectivity index (χ2n) is 6.28. The molecule has 1 saturated carbocycles. The molecule has 1 aromatic rings. The van der Waals surface area contributed by atoms with Gasteiger partial charge in [0.15, 0.2) is 0 Å². The van der Waals surface area contributed by atoms with E-state index in [-0.39, 0.29) is 0 Å². The van der Waals surface area contributed by atoms with Gasteiger partial charge in [-0.2, -0.15) is 0 Å². The van der Waals surface area contributed by atoms with Crippen LogP contribution in [0.4, 0.5) is 0 Å². The molecule has 0 aromatic heterocycles. The standard InChI is InChI=1S/C19H30S/c1-2-3-4-5-7-10-17-13-15-19(16-14-17)20-18-11-8-6-9-12-18/h6,8-9,11-12,17,19H,2-5,7,10,13-16H2,1H3. The van der Waals surface area contributed by atoms with Crippen LogP contribution in [0.5, 0.6) is 0 Å². The van der Waals surface area contributed by atoms with Crippen LogP contribution in [0.2, 0.25) is 0 Å². The van der Waals surface area contributed by atoms with E-state index >= 15 is 0 Å². The number of unbranched alkanes of at least 4 members (excludes halogenated alkanes) is 4. The summed E-state index contributed by atoms with van der Waals surface area (Å²) in [4.78, 5) is 1.45. The second-order valence-corrected chi connectivity index (χ2v) is 7.65. The monoisotopic (exact) mass is 290 g/mol. The van der Waals surface area contributed by atoms with E-state index < -0.39 is 0 Å². The summed E-state index contributed by atoms with van der Waals surface area (Å²) in [7, 11) is 0. The quantitative estimate of drug-likeness (QED) is 0.480. The fourth-order valence-electron chi connectivity index (χ4n) is 3.27. The minimum atomic E-state index is 0.869. The molecule has 0 N–H and O–H groups in total. The van der Waals surface area contributed by atoms with Gasteiger partial charge < -0.3 is 0 Å². The Kier molecular flexibility index (Phi) is 7.57. The summed E-state index contributed by atoms with van der Waals surface area (Å²) in [5.74, 6) is 1.03. The molecule has 0 unspecified atom stereocenters. The highest BCUT2D eigenvalue weighted by atomic mass is 32.2. The van der Waals surface area contributed by atoms with Crippen molar-refractivity contribution in [3.05, 3.63) is 30.3 Å². The van der Waals surface area contributed by atoms with E-state index in [1.54, 1.807) is 0 Å². The minimum absolute atomic E-state index is 0.869. The molecule has 0 atom stereocenters. The zero-order chi connectivity index (χ0) is 14.0. The SMILES string of the molecule is CCCCCCCC1CCC(Sc2ccccc2)CC1. The normalized spacial score (nSPS) is 22.9. The first-order valence-corrected chi connectivity index (χ1v) is 9.48. The Morgan fingerprint density at radius 2 is 1.60 bits per heavy atom. The zero-order valence-corrected chi connectivity index (χ0v) is 13.8. The van der Waals surface area contributed by atoms with Gasteiger partial charge in [0.05, 0.1) is 0 Å². The van der Waals surface area contributed by atoms with Gasteiger partial charge in [-0.3, -0.25) is 0 Å². The molecule has 1 aliphatic carbocycles. The first-order chi connectivity index (χ1) is 9.88. The van der Waals surface area contributed by atoms with Gasteiger partial charge in [0, 0.05) is 10.1 Å². The predicted molar refractivity (Wildman–Crippen MR) is 91.4 cm³/mol. The molecule has 0 saturated heterocycles. The van der Waals surface area contributed by atoms with Crippen LogP contribution in [0.3, 0.4) is 0 Å². The summed E-state index contributed by atoms with van der Waals surface area (Å²) in [5, 5.41) is 0.869. The van der Waals surface area contributed by atoms with Crippen molar-refractivity contribution in [2.45, 2.75) is 81.3 Å². The molecule has 1 heteroatoms. The van der Waals surface area contributed by atoms with Crippen molar-refractivity contribution >= 4 is 11.8 Å². The highest BCUT2D eigenvalue weighted by Crippen LogP contribution is 2.37. The smallest absolute Gasteiger partial charge is 0.00946 e. The van der Waals surface area contributed by atoms with Crippen molar-refractivity contribution in [3.63, 3.8) is 0 Å². The van der Waals surface area contributed by atoms with E-state index in [4.69, 9.17) is 0 Å². The molecular formula is C19H30S. The molecule has 1 fully saturated rings. The largest absolute Gasteiger partial charge is 0.123 e. The maximum Gasteiger partial charge on any atom is 0.00946 e. The number of hydrogen-bond donors (Lipinski definition) is 0. The molecule has 1 aromatic carbocycles.